The topological polar surface area (TPSA) is 108 Å². The van der Waals surface area contributed by atoms with Crippen molar-refractivity contribution in [3.8, 4) is 0 Å². The molecule has 0 saturated heterocycles. The zero-order chi connectivity index (χ0) is 52.7. The lowest BCUT2D eigenvalue weighted by atomic mass is 10.0. The van der Waals surface area contributed by atoms with Gasteiger partial charge in [-0.05, 0) is 70.6 Å². The van der Waals surface area contributed by atoms with Gasteiger partial charge in [0.15, 0.2) is 0 Å². The fourth-order valence-electron chi connectivity index (χ4n) is 9.12. The largest absolute Gasteiger partial charge is 0.756 e. The molecule has 0 spiro atoms. The van der Waals surface area contributed by atoms with Crippen molar-refractivity contribution in [1.29, 1.82) is 0 Å². The first kappa shape index (κ1) is 70.5. The van der Waals surface area contributed by atoms with Crippen LogP contribution in [0.15, 0.2) is 48.6 Å². The number of aliphatic hydroxyl groups excluding tert-OH is 1. The summed E-state index contributed by atoms with van der Waals surface area (Å²) in [6, 6.07) is -0.911. The number of amides is 1. The Morgan fingerprint density at radius 3 is 1.12 bits per heavy atom. The number of carbonyl (C=O) groups is 1. The summed E-state index contributed by atoms with van der Waals surface area (Å²) in [4.78, 5) is 25.5. The van der Waals surface area contributed by atoms with E-state index in [1.54, 1.807) is 6.08 Å². The second-order valence-corrected chi connectivity index (χ2v) is 23.8. The van der Waals surface area contributed by atoms with E-state index in [1.165, 1.54) is 231 Å². The minimum Gasteiger partial charge on any atom is -0.756 e. The molecule has 0 aliphatic heterocycles. The van der Waals surface area contributed by atoms with Crippen LogP contribution >= 0.6 is 7.82 Å². The molecule has 2 N–H and O–H groups in total. The van der Waals surface area contributed by atoms with Crippen LogP contribution in [0, 0.1) is 0 Å². The maximum absolute atomic E-state index is 13.0. The third kappa shape index (κ3) is 56.2. The van der Waals surface area contributed by atoms with Crippen LogP contribution in [-0.4, -0.2) is 68.5 Å². The van der Waals surface area contributed by atoms with Gasteiger partial charge in [0.25, 0.3) is 7.82 Å². The van der Waals surface area contributed by atoms with Gasteiger partial charge in [0.1, 0.15) is 13.2 Å². The molecule has 0 aromatic heterocycles. The van der Waals surface area contributed by atoms with E-state index in [-0.39, 0.29) is 12.5 Å². The molecule has 0 radical (unpaired) electrons. The van der Waals surface area contributed by atoms with E-state index in [9.17, 15) is 19.4 Å². The molecule has 3 unspecified atom stereocenters. The molecule has 9 heteroatoms. The molecular formula is C63H121N2O6P. The molecule has 3 atom stereocenters. The van der Waals surface area contributed by atoms with E-state index in [1.807, 2.05) is 27.2 Å². The quantitative estimate of drug-likeness (QED) is 0.0272. The molecule has 0 fully saturated rings. The Labute approximate surface area is 448 Å². The first-order valence-electron chi connectivity index (χ1n) is 31.0. The van der Waals surface area contributed by atoms with Gasteiger partial charge in [-0.25, -0.2) is 0 Å². The van der Waals surface area contributed by atoms with Gasteiger partial charge >= 0.3 is 0 Å². The molecule has 8 nitrogen and oxygen atoms in total. The minimum atomic E-state index is -4.61. The number of nitrogens with zero attached hydrogens (tertiary/aromatic N) is 1. The molecule has 0 bridgehead atoms. The SMILES string of the molecule is CCCCCCCCCC/C=C\CCCCCCCCCCCCCCCCCC(=O)NC(COP(=O)([O-])OCC[N+](C)(C)C)C(O)/C=C/CC/C=C/CC/C=C/CCCCCCCCCCCCCCC. The summed E-state index contributed by atoms with van der Waals surface area (Å²) in [7, 11) is 1.24. The van der Waals surface area contributed by atoms with Crippen LogP contribution in [0.5, 0.6) is 0 Å². The summed E-state index contributed by atoms with van der Waals surface area (Å²) < 4.78 is 23.4. The lowest BCUT2D eigenvalue weighted by Gasteiger charge is -2.29. The van der Waals surface area contributed by atoms with Crippen molar-refractivity contribution < 1.29 is 32.9 Å². The highest BCUT2D eigenvalue weighted by atomic mass is 31.2. The molecule has 0 heterocycles. The van der Waals surface area contributed by atoms with Gasteiger partial charge in [-0.2, -0.15) is 0 Å². The second-order valence-electron chi connectivity index (χ2n) is 22.4. The van der Waals surface area contributed by atoms with E-state index in [0.717, 1.165) is 44.9 Å². The van der Waals surface area contributed by atoms with Crippen molar-refractivity contribution in [1.82, 2.24) is 5.32 Å². The summed E-state index contributed by atoms with van der Waals surface area (Å²) in [5, 5.41) is 13.9. The standard InChI is InChI=1S/C63H121N2O6P/c1-6-8-10-12-14-16-18-20-22-24-26-28-30-31-32-33-35-37-39-41-43-45-47-49-51-53-55-57-63(67)64-61(60-71-72(68,69)70-59-58-65(3,4)5)62(66)56-54-52-50-48-46-44-42-40-38-36-34-29-27-25-23-21-19-17-15-13-11-9-7-2/h24,26,38,40,46,48,54,56,61-62,66H,6-23,25,27-37,39,41-45,47,49-53,55,57-60H2,1-5H3,(H-,64,67,68,69)/b26-24-,40-38+,48-46+,56-54+. The van der Waals surface area contributed by atoms with Gasteiger partial charge in [0, 0.05) is 6.42 Å². The average Bonchev–Trinajstić information content (AvgIpc) is 3.34. The second kappa shape index (κ2) is 54.3. The zero-order valence-electron chi connectivity index (χ0n) is 48.4. The predicted molar refractivity (Wildman–Crippen MR) is 311 cm³/mol. The van der Waals surface area contributed by atoms with Gasteiger partial charge in [0.2, 0.25) is 5.91 Å². The van der Waals surface area contributed by atoms with Crippen molar-refractivity contribution in [2.75, 3.05) is 40.9 Å². The average molecular weight is 1030 g/mol. The Kier molecular flexibility index (Phi) is 53.1. The van der Waals surface area contributed by atoms with Gasteiger partial charge in [-0.1, -0.05) is 268 Å². The Morgan fingerprint density at radius 1 is 0.472 bits per heavy atom. The summed E-state index contributed by atoms with van der Waals surface area (Å²) in [6.45, 7) is 4.66. The van der Waals surface area contributed by atoms with E-state index in [2.05, 4.69) is 55.6 Å². The van der Waals surface area contributed by atoms with Crippen LogP contribution in [0.1, 0.15) is 296 Å². The number of phosphoric acid groups is 1. The maximum Gasteiger partial charge on any atom is 0.268 e. The van der Waals surface area contributed by atoms with Gasteiger partial charge in [-0.3, -0.25) is 9.36 Å². The number of nitrogens with one attached hydrogen (secondary N) is 1. The minimum absolute atomic E-state index is 0.00866. The number of phosphoric ester groups is 1. The Balaban J connectivity index is 4.20. The molecular weight excluding hydrogens is 912 g/mol. The number of rotatable bonds is 57. The lowest BCUT2D eigenvalue weighted by Crippen LogP contribution is -2.45. The van der Waals surface area contributed by atoms with Crippen LogP contribution < -0.4 is 10.2 Å². The lowest BCUT2D eigenvalue weighted by molar-refractivity contribution is -0.870. The van der Waals surface area contributed by atoms with Crippen LogP contribution in [0.3, 0.4) is 0 Å². The van der Waals surface area contributed by atoms with E-state index >= 15 is 0 Å². The highest BCUT2D eigenvalue weighted by molar-refractivity contribution is 7.45. The number of allylic oxidation sites excluding steroid dienone is 7. The maximum atomic E-state index is 13.0. The van der Waals surface area contributed by atoms with Crippen molar-refractivity contribution >= 4 is 13.7 Å². The summed E-state index contributed by atoms with van der Waals surface area (Å²) >= 11 is 0. The van der Waals surface area contributed by atoms with Crippen molar-refractivity contribution in [2.24, 2.45) is 0 Å². The normalized spacial score (nSPS) is 14.2. The first-order valence-corrected chi connectivity index (χ1v) is 32.5. The van der Waals surface area contributed by atoms with Gasteiger partial charge < -0.3 is 28.8 Å². The molecule has 0 aliphatic carbocycles. The molecule has 424 valence electrons. The van der Waals surface area contributed by atoms with E-state index in [4.69, 9.17) is 9.05 Å². The molecule has 0 rings (SSSR count). The van der Waals surface area contributed by atoms with Crippen LogP contribution in [0.25, 0.3) is 0 Å². The van der Waals surface area contributed by atoms with Crippen molar-refractivity contribution in [2.45, 2.75) is 309 Å². The first-order chi connectivity index (χ1) is 35.0. The molecule has 0 saturated carbocycles. The number of hydrogen-bond acceptors (Lipinski definition) is 6. The Bertz CT molecular complexity index is 1310. The number of carbonyl (C=O) groups excluding carboxylic acids is 1. The van der Waals surface area contributed by atoms with E-state index < -0.39 is 26.6 Å². The number of unbranched alkanes of at least 4 members (excludes halogenated alkanes) is 38. The number of quaternary nitrogens is 1. The Morgan fingerprint density at radius 2 is 0.778 bits per heavy atom. The smallest absolute Gasteiger partial charge is 0.268 e. The molecule has 0 aromatic rings. The highest BCUT2D eigenvalue weighted by Crippen LogP contribution is 2.38. The molecule has 0 aliphatic rings. The van der Waals surface area contributed by atoms with Crippen LogP contribution in [0.2, 0.25) is 0 Å². The van der Waals surface area contributed by atoms with Crippen LogP contribution in [-0.2, 0) is 18.4 Å². The van der Waals surface area contributed by atoms with Crippen molar-refractivity contribution in [3.63, 3.8) is 0 Å². The number of hydrogen-bond donors (Lipinski definition) is 2. The predicted octanol–water partition coefficient (Wildman–Crippen LogP) is 18.5. The summed E-state index contributed by atoms with van der Waals surface area (Å²) in [5.74, 6) is -0.208. The van der Waals surface area contributed by atoms with Crippen molar-refractivity contribution in [3.05, 3.63) is 48.6 Å². The van der Waals surface area contributed by atoms with E-state index in [0.29, 0.717) is 17.4 Å². The van der Waals surface area contributed by atoms with Gasteiger partial charge in [0.05, 0.1) is 39.9 Å². The molecule has 72 heavy (non-hydrogen) atoms. The van der Waals surface area contributed by atoms with Crippen LogP contribution in [0.4, 0.5) is 0 Å². The highest BCUT2D eigenvalue weighted by Gasteiger charge is 2.23. The third-order valence-electron chi connectivity index (χ3n) is 14.0. The molecule has 0 aromatic carbocycles. The monoisotopic (exact) mass is 1030 g/mol. The fourth-order valence-corrected chi connectivity index (χ4v) is 9.85. The fraction of sp³-hybridized carbons (Fsp3) is 0.857. The molecule has 1 amide bonds. The number of aliphatic hydroxyl groups is 1. The third-order valence-corrected chi connectivity index (χ3v) is 15.0. The summed E-state index contributed by atoms with van der Waals surface area (Å²) in [5.41, 5.74) is 0. The van der Waals surface area contributed by atoms with Gasteiger partial charge in [-0.15, -0.1) is 0 Å². The number of likely N-dealkylation sites (N-methyl/N-ethyl adjacent to an activating group) is 1. The summed E-state index contributed by atoms with van der Waals surface area (Å²) in [6.07, 6.45) is 72.1. The zero-order valence-corrected chi connectivity index (χ0v) is 49.3. The Hall–Kier alpha value is -1.54.